The predicted molar refractivity (Wildman–Crippen MR) is 104 cm³/mol. The molecule has 0 bridgehead atoms. The van der Waals surface area contributed by atoms with Crippen molar-refractivity contribution in [1.29, 1.82) is 0 Å². The van der Waals surface area contributed by atoms with Crippen molar-refractivity contribution < 1.29 is 32.2 Å². The molecule has 31 heavy (non-hydrogen) atoms. The van der Waals surface area contributed by atoms with Crippen molar-refractivity contribution >= 4 is 5.97 Å². The zero-order valence-electron chi connectivity index (χ0n) is 16.4. The van der Waals surface area contributed by atoms with Crippen LogP contribution in [0.5, 0.6) is 5.75 Å². The van der Waals surface area contributed by atoms with Crippen LogP contribution in [0.15, 0.2) is 60.9 Å². The number of carbonyl (C=O) groups is 1. The second-order valence-electron chi connectivity index (χ2n) is 6.58. The van der Waals surface area contributed by atoms with Gasteiger partial charge >= 0.3 is 18.0 Å². The lowest BCUT2D eigenvalue weighted by atomic mass is 10.1. The Bertz CT molecular complexity index is 1130. The van der Waals surface area contributed by atoms with E-state index in [1.165, 1.54) is 36.1 Å². The van der Waals surface area contributed by atoms with Crippen molar-refractivity contribution in [1.82, 2.24) is 14.8 Å². The molecule has 3 rings (SSSR count). The van der Waals surface area contributed by atoms with Crippen molar-refractivity contribution in [2.24, 2.45) is 0 Å². The molecule has 0 saturated heterocycles. The molecule has 1 N–H and O–H groups in total. The third-order valence-corrected chi connectivity index (χ3v) is 4.32. The molecule has 0 saturated carbocycles. The van der Waals surface area contributed by atoms with Crippen LogP contribution in [-0.2, 0) is 0 Å². The van der Waals surface area contributed by atoms with E-state index in [9.17, 15) is 22.4 Å². The van der Waals surface area contributed by atoms with E-state index >= 15 is 0 Å². The van der Waals surface area contributed by atoms with E-state index in [4.69, 9.17) is 5.11 Å². The molecule has 3 aromatic rings. The summed E-state index contributed by atoms with van der Waals surface area (Å²) in [4.78, 5) is 15.3. The highest BCUT2D eigenvalue weighted by Gasteiger charge is 2.57. The number of hydrogen-bond donors (Lipinski definition) is 1. The van der Waals surface area contributed by atoms with Gasteiger partial charge in [-0.05, 0) is 61.9 Å². The Morgan fingerprint density at radius 2 is 1.81 bits per heavy atom. The van der Waals surface area contributed by atoms with Crippen LogP contribution in [0.25, 0.3) is 17.1 Å². The summed E-state index contributed by atoms with van der Waals surface area (Å²) in [5, 5.41) is 13.4. The Morgan fingerprint density at radius 3 is 2.39 bits per heavy atom. The topological polar surface area (TPSA) is 77.2 Å². The summed E-state index contributed by atoms with van der Waals surface area (Å²) in [7, 11) is 0. The van der Waals surface area contributed by atoms with Gasteiger partial charge in [0, 0.05) is 5.56 Å². The molecule has 2 aromatic carbocycles. The van der Waals surface area contributed by atoms with Gasteiger partial charge in [0.25, 0.3) is 0 Å². The summed E-state index contributed by atoms with van der Waals surface area (Å²) in [6.07, 6.45) is -2.45. The smallest absolute Gasteiger partial charge is 0.468 e. The van der Waals surface area contributed by atoms with Crippen molar-refractivity contribution in [3.05, 3.63) is 72.1 Å². The van der Waals surface area contributed by atoms with E-state index in [1.807, 2.05) is 0 Å². The summed E-state index contributed by atoms with van der Waals surface area (Å²) in [6, 6.07) is 9.59. The maximum atomic E-state index is 13.7. The van der Waals surface area contributed by atoms with Crippen molar-refractivity contribution in [2.75, 3.05) is 0 Å². The first-order valence-corrected chi connectivity index (χ1v) is 8.99. The summed E-state index contributed by atoms with van der Waals surface area (Å²) in [5.74, 6) is -5.63. The number of aryl methyl sites for hydroxylation is 1. The predicted octanol–water partition coefficient (Wildman–Crippen LogP) is 5.12. The number of nitrogens with zero attached hydrogens (tertiary/aromatic N) is 3. The number of carboxylic acids is 1. The van der Waals surface area contributed by atoms with Crippen molar-refractivity contribution in [2.45, 2.75) is 25.9 Å². The van der Waals surface area contributed by atoms with Gasteiger partial charge in [0.1, 0.15) is 12.1 Å². The van der Waals surface area contributed by atoms with Gasteiger partial charge < -0.3 is 9.84 Å². The van der Waals surface area contributed by atoms with Crippen LogP contribution in [0.4, 0.5) is 17.6 Å². The fraction of sp³-hybridized carbons (Fsp3) is 0.190. The average Bonchev–Trinajstić information content (AvgIpc) is 3.18. The first-order valence-electron chi connectivity index (χ1n) is 8.99. The van der Waals surface area contributed by atoms with E-state index in [2.05, 4.69) is 14.8 Å². The van der Waals surface area contributed by atoms with Crippen LogP contribution in [0.1, 0.15) is 22.8 Å². The molecule has 1 aromatic heterocycles. The van der Waals surface area contributed by atoms with Gasteiger partial charge in [0.05, 0.1) is 11.3 Å². The monoisotopic (exact) mass is 435 g/mol. The summed E-state index contributed by atoms with van der Waals surface area (Å²) in [5.41, 5.74) is 1.72. The number of allylic oxidation sites excluding steroid dienone is 1. The number of rotatable bonds is 7. The first kappa shape index (κ1) is 22.0. The van der Waals surface area contributed by atoms with Crippen LogP contribution in [0, 0.1) is 6.92 Å². The molecular formula is C21H17F4N3O3. The van der Waals surface area contributed by atoms with Gasteiger partial charge in [0.2, 0.25) is 0 Å². The molecule has 0 spiro atoms. The second kappa shape index (κ2) is 8.21. The number of aromatic nitrogens is 3. The molecule has 6 nitrogen and oxygen atoms in total. The van der Waals surface area contributed by atoms with E-state index in [0.29, 0.717) is 22.6 Å². The van der Waals surface area contributed by atoms with Gasteiger partial charge in [-0.1, -0.05) is 12.1 Å². The van der Waals surface area contributed by atoms with Gasteiger partial charge in [-0.15, -0.1) is 5.10 Å². The minimum absolute atomic E-state index is 0.0724. The molecule has 0 atom stereocenters. The van der Waals surface area contributed by atoms with E-state index in [1.54, 1.807) is 19.1 Å². The highest BCUT2D eigenvalue weighted by atomic mass is 19.3. The molecule has 0 amide bonds. The fourth-order valence-electron chi connectivity index (χ4n) is 2.75. The van der Waals surface area contributed by atoms with Crippen LogP contribution in [0.2, 0.25) is 0 Å². The minimum atomic E-state index is -4.72. The van der Waals surface area contributed by atoms with E-state index in [0.717, 1.165) is 18.2 Å². The van der Waals surface area contributed by atoms with Crippen molar-refractivity contribution in [3.63, 3.8) is 0 Å². The molecule has 0 aliphatic heterocycles. The molecule has 0 unspecified atom stereocenters. The number of halogens is 4. The number of benzene rings is 2. The molecule has 1 heterocycles. The van der Waals surface area contributed by atoms with Crippen molar-refractivity contribution in [3.8, 4) is 22.8 Å². The standard InChI is InChI=1S/C21H17F4N3O3/c1-3-10-20(22,23)21(24,25)31-16-7-5-15(6-8-16)28-12-26-18(27-28)14-4-9-17(19(29)30)13(2)11-14/h3-12H,1-2H3,(H,29,30)/b10-3+. The number of carboxylic acid groups (broad SMARTS) is 1. The Hall–Kier alpha value is -3.69. The Kier molecular flexibility index (Phi) is 5.83. The van der Waals surface area contributed by atoms with Gasteiger partial charge in [-0.25, -0.2) is 14.5 Å². The lowest BCUT2D eigenvalue weighted by Crippen LogP contribution is -2.43. The van der Waals surface area contributed by atoms with Gasteiger partial charge in [-0.3, -0.25) is 0 Å². The molecule has 0 aliphatic rings. The number of alkyl halides is 4. The van der Waals surface area contributed by atoms with Gasteiger partial charge in [0.15, 0.2) is 5.82 Å². The van der Waals surface area contributed by atoms with Crippen LogP contribution >= 0.6 is 0 Å². The van der Waals surface area contributed by atoms with E-state index in [-0.39, 0.29) is 11.6 Å². The highest BCUT2D eigenvalue weighted by molar-refractivity contribution is 5.90. The zero-order valence-corrected chi connectivity index (χ0v) is 16.4. The molecule has 10 heteroatoms. The molecule has 0 radical (unpaired) electrons. The minimum Gasteiger partial charge on any atom is -0.478 e. The molecule has 0 fully saturated rings. The zero-order chi connectivity index (χ0) is 22.8. The molecular weight excluding hydrogens is 418 g/mol. The largest absolute Gasteiger partial charge is 0.478 e. The number of aromatic carboxylic acids is 1. The maximum Gasteiger partial charge on any atom is 0.468 e. The Labute approximate surface area is 174 Å². The summed E-state index contributed by atoms with van der Waals surface area (Å²) < 4.78 is 59.9. The quantitative estimate of drug-likeness (QED) is 0.412. The third kappa shape index (κ3) is 4.57. The summed E-state index contributed by atoms with van der Waals surface area (Å²) in [6.45, 7) is 2.85. The van der Waals surface area contributed by atoms with E-state index < -0.39 is 23.7 Å². The van der Waals surface area contributed by atoms with Crippen LogP contribution in [-0.4, -0.2) is 37.9 Å². The van der Waals surface area contributed by atoms with Gasteiger partial charge in [-0.2, -0.15) is 17.6 Å². The number of hydrogen-bond acceptors (Lipinski definition) is 4. The third-order valence-electron chi connectivity index (χ3n) is 4.32. The fourth-order valence-corrected chi connectivity index (χ4v) is 2.75. The first-order chi connectivity index (χ1) is 14.5. The molecule has 162 valence electrons. The molecule has 0 aliphatic carbocycles. The van der Waals surface area contributed by atoms with Crippen LogP contribution in [0.3, 0.4) is 0 Å². The normalized spacial score (nSPS) is 12.3. The SMILES string of the molecule is C/C=C/C(F)(F)C(F)(F)Oc1ccc(-n2cnc(-c3ccc(C(=O)O)c(C)c3)n2)cc1. The lowest BCUT2D eigenvalue weighted by molar-refractivity contribution is -0.288. The maximum absolute atomic E-state index is 13.7. The number of ether oxygens (including phenoxy) is 1. The Morgan fingerprint density at radius 1 is 1.13 bits per heavy atom. The van der Waals surface area contributed by atoms with Crippen LogP contribution < -0.4 is 4.74 Å². The second-order valence-corrected chi connectivity index (χ2v) is 6.58. The summed E-state index contributed by atoms with van der Waals surface area (Å²) >= 11 is 0. The Balaban J connectivity index is 1.79. The average molecular weight is 435 g/mol. The lowest BCUT2D eigenvalue weighted by Gasteiger charge is -2.24. The highest BCUT2D eigenvalue weighted by Crippen LogP contribution is 2.37.